The molecule has 1 amide bonds. The topological polar surface area (TPSA) is 36.7 Å². The lowest BCUT2D eigenvalue weighted by Gasteiger charge is -2.34. The highest BCUT2D eigenvalue weighted by Crippen LogP contribution is 2.23. The third-order valence-corrected chi connectivity index (χ3v) is 4.83. The maximum absolute atomic E-state index is 12.3. The largest absolute Gasteiger partial charge is 0.456 e. The summed E-state index contributed by atoms with van der Waals surface area (Å²) in [6.07, 6.45) is 0. The summed E-state index contributed by atoms with van der Waals surface area (Å²) in [6, 6.07) is 7.57. The zero-order valence-electron chi connectivity index (χ0n) is 11.8. The van der Waals surface area contributed by atoms with Crippen LogP contribution in [0.2, 0.25) is 4.34 Å². The third-order valence-electron chi connectivity index (χ3n) is 3.62. The van der Waals surface area contributed by atoms with Crippen LogP contribution in [-0.4, -0.2) is 41.9 Å². The van der Waals surface area contributed by atoms with Gasteiger partial charge in [0.1, 0.15) is 5.76 Å². The first-order chi connectivity index (χ1) is 10.1. The summed E-state index contributed by atoms with van der Waals surface area (Å²) in [5.41, 5.74) is 0. The normalized spacial score (nSPS) is 16.4. The number of amides is 1. The number of nitrogens with zero attached hydrogens (tertiary/aromatic N) is 2. The van der Waals surface area contributed by atoms with E-state index in [4.69, 9.17) is 16.0 Å². The molecule has 1 fully saturated rings. The molecule has 1 aliphatic heterocycles. The molecule has 112 valence electrons. The minimum absolute atomic E-state index is 0.0121. The second kappa shape index (κ2) is 6.22. The van der Waals surface area contributed by atoms with E-state index in [1.807, 2.05) is 24.0 Å². The van der Waals surface area contributed by atoms with E-state index in [1.54, 1.807) is 17.4 Å². The van der Waals surface area contributed by atoms with Crippen molar-refractivity contribution >= 4 is 28.8 Å². The summed E-state index contributed by atoms with van der Waals surface area (Å²) >= 11 is 7.57. The van der Waals surface area contributed by atoms with Crippen molar-refractivity contribution < 1.29 is 9.21 Å². The maximum Gasteiger partial charge on any atom is 0.289 e. The Bertz CT molecular complexity index is 629. The number of carbonyl (C=O) groups excluding carboxylic acids is 1. The first-order valence-electron chi connectivity index (χ1n) is 6.94. The summed E-state index contributed by atoms with van der Waals surface area (Å²) in [5.74, 6) is 1.19. The van der Waals surface area contributed by atoms with Gasteiger partial charge in [0.15, 0.2) is 5.76 Å². The number of aryl methyl sites for hydroxylation is 1. The Morgan fingerprint density at radius 2 is 2.00 bits per heavy atom. The molecule has 2 aromatic heterocycles. The van der Waals surface area contributed by atoms with Gasteiger partial charge in [-0.3, -0.25) is 9.69 Å². The predicted octanol–water partition coefficient (Wildman–Crippen LogP) is 3.26. The summed E-state index contributed by atoms with van der Waals surface area (Å²) in [5, 5.41) is 0. The van der Waals surface area contributed by atoms with Crippen LogP contribution in [0.4, 0.5) is 0 Å². The number of carbonyl (C=O) groups is 1. The van der Waals surface area contributed by atoms with E-state index in [-0.39, 0.29) is 5.91 Å². The molecule has 4 nitrogen and oxygen atoms in total. The van der Waals surface area contributed by atoms with Crippen molar-refractivity contribution in [2.45, 2.75) is 13.5 Å². The van der Waals surface area contributed by atoms with Gasteiger partial charge in [0.2, 0.25) is 0 Å². The smallest absolute Gasteiger partial charge is 0.289 e. The summed E-state index contributed by atoms with van der Waals surface area (Å²) in [4.78, 5) is 17.7. The highest BCUT2D eigenvalue weighted by molar-refractivity contribution is 7.16. The molecule has 1 saturated heterocycles. The standard InChI is InChI=1S/C15H17ClN2O2S/c1-11-2-4-13(20-11)15(19)18-8-6-17(7-9-18)10-12-3-5-14(16)21-12/h2-5H,6-10H2,1H3. The van der Waals surface area contributed by atoms with Gasteiger partial charge in [-0.2, -0.15) is 0 Å². The van der Waals surface area contributed by atoms with Gasteiger partial charge >= 0.3 is 0 Å². The van der Waals surface area contributed by atoms with Crippen LogP contribution < -0.4 is 0 Å². The molecule has 0 N–H and O–H groups in total. The Balaban J connectivity index is 1.54. The number of hydrogen-bond donors (Lipinski definition) is 0. The van der Waals surface area contributed by atoms with Gasteiger partial charge in [0.05, 0.1) is 4.34 Å². The van der Waals surface area contributed by atoms with Crippen LogP contribution >= 0.6 is 22.9 Å². The van der Waals surface area contributed by atoms with Gasteiger partial charge in [-0.1, -0.05) is 11.6 Å². The molecule has 3 rings (SSSR count). The van der Waals surface area contributed by atoms with Crippen LogP contribution in [0.3, 0.4) is 0 Å². The van der Waals surface area contributed by atoms with E-state index < -0.39 is 0 Å². The molecule has 1 aliphatic rings. The van der Waals surface area contributed by atoms with Crippen LogP contribution in [0.5, 0.6) is 0 Å². The van der Waals surface area contributed by atoms with Gasteiger partial charge in [-0.15, -0.1) is 11.3 Å². The molecule has 0 unspecified atom stereocenters. The number of piperazine rings is 1. The maximum atomic E-state index is 12.3. The lowest BCUT2D eigenvalue weighted by molar-refractivity contribution is 0.0597. The first kappa shape index (κ1) is 14.6. The van der Waals surface area contributed by atoms with Gasteiger partial charge in [-0.05, 0) is 31.2 Å². The highest BCUT2D eigenvalue weighted by Gasteiger charge is 2.24. The second-order valence-electron chi connectivity index (χ2n) is 5.18. The Morgan fingerprint density at radius 1 is 1.24 bits per heavy atom. The fourth-order valence-corrected chi connectivity index (χ4v) is 3.60. The number of hydrogen-bond acceptors (Lipinski definition) is 4. The van der Waals surface area contributed by atoms with Gasteiger partial charge in [-0.25, -0.2) is 0 Å². The van der Waals surface area contributed by atoms with E-state index >= 15 is 0 Å². The Hall–Kier alpha value is -1.30. The SMILES string of the molecule is Cc1ccc(C(=O)N2CCN(Cc3ccc(Cl)s3)CC2)o1. The molecule has 0 atom stereocenters. The monoisotopic (exact) mass is 324 g/mol. The van der Waals surface area contributed by atoms with Crippen LogP contribution in [-0.2, 0) is 6.54 Å². The van der Waals surface area contributed by atoms with E-state index in [0.29, 0.717) is 5.76 Å². The van der Waals surface area contributed by atoms with Crippen LogP contribution in [0, 0.1) is 6.92 Å². The summed E-state index contributed by atoms with van der Waals surface area (Å²) in [7, 11) is 0. The van der Waals surface area contributed by atoms with Gasteiger partial charge < -0.3 is 9.32 Å². The van der Waals surface area contributed by atoms with Crippen LogP contribution in [0.1, 0.15) is 21.2 Å². The van der Waals surface area contributed by atoms with Gasteiger partial charge in [0, 0.05) is 37.6 Å². The molecule has 0 aromatic carbocycles. The van der Waals surface area contributed by atoms with E-state index in [2.05, 4.69) is 11.0 Å². The molecule has 6 heteroatoms. The molecule has 0 radical (unpaired) electrons. The minimum Gasteiger partial charge on any atom is -0.456 e. The lowest BCUT2D eigenvalue weighted by Crippen LogP contribution is -2.48. The molecule has 0 spiro atoms. The number of halogens is 1. The van der Waals surface area contributed by atoms with Crippen molar-refractivity contribution in [1.29, 1.82) is 0 Å². The molecule has 0 saturated carbocycles. The fraction of sp³-hybridized carbons (Fsp3) is 0.400. The zero-order valence-corrected chi connectivity index (χ0v) is 13.4. The van der Waals surface area contributed by atoms with Crippen molar-refractivity contribution in [3.63, 3.8) is 0 Å². The molecule has 3 heterocycles. The Morgan fingerprint density at radius 3 is 2.57 bits per heavy atom. The molecular formula is C15H17ClN2O2S. The Kier molecular flexibility index (Phi) is 4.33. The third kappa shape index (κ3) is 3.48. The van der Waals surface area contributed by atoms with Crippen LogP contribution in [0.15, 0.2) is 28.7 Å². The average molecular weight is 325 g/mol. The number of furan rings is 1. The summed E-state index contributed by atoms with van der Waals surface area (Å²) < 4.78 is 6.23. The van der Waals surface area contributed by atoms with E-state index in [1.165, 1.54) is 4.88 Å². The quantitative estimate of drug-likeness (QED) is 0.869. The van der Waals surface area contributed by atoms with Crippen molar-refractivity contribution in [1.82, 2.24) is 9.80 Å². The predicted molar refractivity (Wildman–Crippen MR) is 84.0 cm³/mol. The van der Waals surface area contributed by atoms with Crippen molar-refractivity contribution in [2.24, 2.45) is 0 Å². The molecule has 21 heavy (non-hydrogen) atoms. The van der Waals surface area contributed by atoms with Crippen molar-refractivity contribution in [3.05, 3.63) is 45.0 Å². The Labute approximate surface area is 132 Å². The van der Waals surface area contributed by atoms with Gasteiger partial charge in [0.25, 0.3) is 5.91 Å². The van der Waals surface area contributed by atoms with Crippen molar-refractivity contribution in [3.8, 4) is 0 Å². The highest BCUT2D eigenvalue weighted by atomic mass is 35.5. The first-order valence-corrected chi connectivity index (χ1v) is 8.13. The van der Waals surface area contributed by atoms with E-state index in [0.717, 1.165) is 42.8 Å². The fourth-order valence-electron chi connectivity index (χ4n) is 2.47. The lowest BCUT2D eigenvalue weighted by atomic mass is 10.2. The van der Waals surface area contributed by atoms with E-state index in [9.17, 15) is 4.79 Å². The molecule has 2 aromatic rings. The molecular weight excluding hydrogens is 308 g/mol. The second-order valence-corrected chi connectivity index (χ2v) is 6.98. The molecule has 0 bridgehead atoms. The van der Waals surface area contributed by atoms with Crippen molar-refractivity contribution in [2.75, 3.05) is 26.2 Å². The minimum atomic E-state index is -0.0121. The number of rotatable bonds is 3. The molecule has 0 aliphatic carbocycles. The zero-order chi connectivity index (χ0) is 14.8. The van der Waals surface area contributed by atoms with Crippen LogP contribution in [0.25, 0.3) is 0 Å². The number of thiophene rings is 1. The summed E-state index contributed by atoms with van der Waals surface area (Å²) in [6.45, 7) is 5.97. The average Bonchev–Trinajstić information content (AvgIpc) is 3.08.